The number of hydrogen-bond donors (Lipinski definition) is 2. The van der Waals surface area contributed by atoms with Gasteiger partial charge in [0.1, 0.15) is 0 Å². The summed E-state index contributed by atoms with van der Waals surface area (Å²) in [6, 6.07) is 20.5. The van der Waals surface area contributed by atoms with E-state index in [1.54, 1.807) is 23.1 Å². The molecule has 1 aromatic heterocycles. The van der Waals surface area contributed by atoms with Gasteiger partial charge in [-0.2, -0.15) is 0 Å². The Balaban J connectivity index is 1.18. The van der Waals surface area contributed by atoms with E-state index in [2.05, 4.69) is 47.8 Å². The van der Waals surface area contributed by atoms with Crippen LogP contribution in [0.25, 0.3) is 21.0 Å². The number of carboxylic acids is 1. The van der Waals surface area contributed by atoms with Crippen molar-refractivity contribution in [3.63, 3.8) is 0 Å². The number of nitrogens with zero attached hydrogens (tertiary/aromatic N) is 1. The Morgan fingerprint density at radius 1 is 1.03 bits per heavy atom. The third kappa shape index (κ3) is 3.79. The molecule has 1 heterocycles. The van der Waals surface area contributed by atoms with E-state index in [4.69, 9.17) is 4.98 Å². The Hall–Kier alpha value is -3.16. The topological polar surface area (TPSA) is 79.3 Å². The molecular formula is C27H22N2O3S2. The van der Waals surface area contributed by atoms with Crippen molar-refractivity contribution in [2.24, 2.45) is 23.7 Å². The minimum atomic E-state index is -0.886. The fourth-order valence-corrected chi connectivity index (χ4v) is 7.45. The van der Waals surface area contributed by atoms with Crippen LogP contribution in [0.15, 0.2) is 77.2 Å². The lowest BCUT2D eigenvalue weighted by Crippen LogP contribution is -2.36. The number of thiazole rings is 1. The van der Waals surface area contributed by atoms with Crippen LogP contribution in [-0.4, -0.2) is 22.0 Å². The van der Waals surface area contributed by atoms with Crippen molar-refractivity contribution in [1.29, 1.82) is 0 Å². The third-order valence-electron chi connectivity index (χ3n) is 6.91. The van der Waals surface area contributed by atoms with E-state index in [1.807, 2.05) is 30.4 Å². The molecule has 34 heavy (non-hydrogen) atoms. The molecule has 3 aromatic carbocycles. The van der Waals surface area contributed by atoms with Gasteiger partial charge in [0.15, 0.2) is 4.34 Å². The van der Waals surface area contributed by atoms with Crippen LogP contribution in [0.1, 0.15) is 12.0 Å². The zero-order valence-corrected chi connectivity index (χ0v) is 19.8. The molecule has 2 aliphatic carbocycles. The van der Waals surface area contributed by atoms with Gasteiger partial charge in [0.2, 0.25) is 5.91 Å². The van der Waals surface area contributed by atoms with E-state index in [0.29, 0.717) is 5.69 Å². The number of carboxylic acid groups (broad SMARTS) is 1. The summed E-state index contributed by atoms with van der Waals surface area (Å²) < 4.78 is 1.98. The van der Waals surface area contributed by atoms with Crippen molar-refractivity contribution in [3.05, 3.63) is 78.4 Å². The average molecular weight is 487 g/mol. The number of rotatable bonds is 6. The molecule has 1 saturated carbocycles. The molecule has 2 N–H and O–H groups in total. The maximum Gasteiger partial charge on any atom is 0.307 e. The number of allylic oxidation sites excluding steroid dienone is 2. The second-order valence-corrected chi connectivity index (χ2v) is 11.2. The summed E-state index contributed by atoms with van der Waals surface area (Å²) in [4.78, 5) is 29.5. The van der Waals surface area contributed by atoms with Crippen molar-refractivity contribution in [2.75, 3.05) is 5.32 Å². The first kappa shape index (κ1) is 21.4. The molecule has 0 saturated heterocycles. The molecule has 0 aliphatic heterocycles. The van der Waals surface area contributed by atoms with Gasteiger partial charge in [-0.3, -0.25) is 9.59 Å². The third-order valence-corrected chi connectivity index (χ3v) is 9.12. The van der Waals surface area contributed by atoms with Crippen LogP contribution in [0, 0.1) is 23.7 Å². The van der Waals surface area contributed by atoms with E-state index < -0.39 is 17.8 Å². The number of amides is 1. The summed E-state index contributed by atoms with van der Waals surface area (Å²) in [6.07, 6.45) is 4.70. The summed E-state index contributed by atoms with van der Waals surface area (Å²) in [7, 11) is 0. The molecule has 4 aromatic rings. The molecule has 0 radical (unpaired) electrons. The van der Waals surface area contributed by atoms with Crippen LogP contribution >= 0.6 is 23.1 Å². The summed E-state index contributed by atoms with van der Waals surface area (Å²) in [5.74, 6) is -1.45. The Labute approximate surface area is 204 Å². The predicted octanol–water partition coefficient (Wildman–Crippen LogP) is 6.20. The number of benzene rings is 3. The van der Waals surface area contributed by atoms with Crippen LogP contribution in [0.3, 0.4) is 0 Å². The van der Waals surface area contributed by atoms with Crippen LogP contribution in [0.2, 0.25) is 0 Å². The molecule has 4 atom stereocenters. The minimum absolute atomic E-state index is 0.00954. The van der Waals surface area contributed by atoms with Crippen molar-refractivity contribution in [2.45, 2.75) is 16.5 Å². The number of hydrogen-bond acceptors (Lipinski definition) is 5. The van der Waals surface area contributed by atoms with Gasteiger partial charge in [-0.25, -0.2) is 4.98 Å². The summed E-state index contributed by atoms with van der Waals surface area (Å²) in [5.41, 5.74) is 2.86. The highest BCUT2D eigenvalue weighted by Crippen LogP contribution is 2.48. The molecule has 7 heteroatoms. The number of aliphatic carboxylic acids is 1. The first-order valence-corrected chi connectivity index (χ1v) is 13.1. The molecule has 2 bridgehead atoms. The Morgan fingerprint density at radius 2 is 1.82 bits per heavy atom. The van der Waals surface area contributed by atoms with Gasteiger partial charge < -0.3 is 10.4 Å². The maximum absolute atomic E-state index is 13.0. The molecule has 1 amide bonds. The molecule has 0 spiro atoms. The zero-order chi connectivity index (χ0) is 23.2. The second-order valence-electron chi connectivity index (χ2n) is 8.92. The highest BCUT2D eigenvalue weighted by Gasteiger charge is 2.51. The van der Waals surface area contributed by atoms with E-state index in [0.717, 1.165) is 26.7 Å². The largest absolute Gasteiger partial charge is 0.481 e. The van der Waals surface area contributed by atoms with Gasteiger partial charge >= 0.3 is 5.97 Å². The Morgan fingerprint density at radius 3 is 2.68 bits per heavy atom. The lowest BCUT2D eigenvalue weighted by atomic mass is 9.82. The van der Waals surface area contributed by atoms with E-state index in [1.165, 1.54) is 16.3 Å². The maximum atomic E-state index is 13.0. The van der Waals surface area contributed by atoms with Crippen molar-refractivity contribution < 1.29 is 14.7 Å². The molecular weight excluding hydrogens is 464 g/mol. The van der Waals surface area contributed by atoms with Crippen LogP contribution < -0.4 is 5.32 Å². The summed E-state index contributed by atoms with van der Waals surface area (Å²) >= 11 is 3.32. The van der Waals surface area contributed by atoms with Gasteiger partial charge in [-0.05, 0) is 52.8 Å². The number of carbonyl (C=O) groups is 2. The van der Waals surface area contributed by atoms with Crippen molar-refractivity contribution in [1.82, 2.24) is 4.98 Å². The van der Waals surface area contributed by atoms with Crippen molar-refractivity contribution >= 4 is 61.7 Å². The van der Waals surface area contributed by atoms with Gasteiger partial charge in [0.25, 0.3) is 0 Å². The standard InChI is InChI=1S/C27H22N2O3S2/c30-25(23-16-8-9-17(12-16)24(23)26(31)32)28-19-10-11-21-22(13-19)34-27(29-21)33-14-18-6-3-5-15-4-1-2-7-20(15)18/h1-11,13,16-17,23-24H,12,14H2,(H,28,30)(H,31,32)/t16-,17-,23+,24+/m0/s1. The van der Waals surface area contributed by atoms with Crippen molar-refractivity contribution in [3.8, 4) is 0 Å². The minimum Gasteiger partial charge on any atom is -0.481 e. The SMILES string of the molecule is O=C(O)[C@H]1[C@H](C(=O)Nc2ccc3nc(SCc4cccc5ccccc45)sc3c2)[C@H]2C=C[C@H]1C2. The molecule has 0 unspecified atom stereocenters. The van der Waals surface area contributed by atoms with Crippen LogP contribution in [-0.2, 0) is 15.3 Å². The lowest BCUT2D eigenvalue weighted by molar-refractivity contribution is -0.146. The molecule has 170 valence electrons. The molecule has 6 rings (SSSR count). The van der Waals surface area contributed by atoms with Crippen LogP contribution in [0.4, 0.5) is 5.69 Å². The molecule has 5 nitrogen and oxygen atoms in total. The molecule has 1 fully saturated rings. The summed E-state index contributed by atoms with van der Waals surface area (Å²) in [6.45, 7) is 0. The number of anilines is 1. The van der Waals surface area contributed by atoms with Gasteiger partial charge in [0, 0.05) is 11.4 Å². The number of thioether (sulfide) groups is 1. The Kier molecular flexibility index (Phi) is 5.38. The highest BCUT2D eigenvalue weighted by atomic mass is 32.2. The lowest BCUT2D eigenvalue weighted by Gasteiger charge is -2.23. The van der Waals surface area contributed by atoms with E-state index in [9.17, 15) is 14.7 Å². The average Bonchev–Trinajstić information content (AvgIpc) is 3.56. The predicted molar refractivity (Wildman–Crippen MR) is 137 cm³/mol. The van der Waals surface area contributed by atoms with E-state index in [-0.39, 0.29) is 17.7 Å². The van der Waals surface area contributed by atoms with Crippen LogP contribution in [0.5, 0.6) is 0 Å². The zero-order valence-electron chi connectivity index (χ0n) is 18.2. The summed E-state index contributed by atoms with van der Waals surface area (Å²) in [5, 5.41) is 15.1. The number of aromatic nitrogens is 1. The Bertz CT molecular complexity index is 1460. The normalized spacial score (nSPS) is 23.1. The number of nitrogens with one attached hydrogen (secondary N) is 1. The highest BCUT2D eigenvalue weighted by molar-refractivity contribution is 8.00. The second kappa shape index (κ2) is 8.56. The fourth-order valence-electron chi connectivity index (χ4n) is 5.34. The van der Waals surface area contributed by atoms with Gasteiger partial charge in [0.05, 0.1) is 22.1 Å². The molecule has 2 aliphatic rings. The van der Waals surface area contributed by atoms with E-state index >= 15 is 0 Å². The number of fused-ring (bicyclic) bond motifs is 4. The monoisotopic (exact) mass is 486 g/mol. The smallest absolute Gasteiger partial charge is 0.307 e. The van der Waals surface area contributed by atoms with Gasteiger partial charge in [-0.15, -0.1) is 11.3 Å². The van der Waals surface area contributed by atoms with Gasteiger partial charge in [-0.1, -0.05) is 66.4 Å². The number of carbonyl (C=O) groups excluding carboxylic acids is 1. The fraction of sp³-hybridized carbons (Fsp3) is 0.222. The first-order valence-electron chi connectivity index (χ1n) is 11.3. The quantitative estimate of drug-likeness (QED) is 0.250. The first-order chi connectivity index (χ1) is 16.6.